The molecule has 2 aliphatic heterocycles. The lowest BCUT2D eigenvalue weighted by atomic mass is 9.94. The van der Waals surface area contributed by atoms with E-state index < -0.39 is 5.67 Å². The van der Waals surface area contributed by atoms with Gasteiger partial charge in [-0.05, 0) is 70.1 Å². The summed E-state index contributed by atoms with van der Waals surface area (Å²) in [5.41, 5.74) is 2.33. The number of carbonyl (C=O) groups is 2. The highest BCUT2D eigenvalue weighted by Crippen LogP contribution is 2.40. The quantitative estimate of drug-likeness (QED) is 0.288. The Kier molecular flexibility index (Phi) is 8.23. The van der Waals surface area contributed by atoms with Crippen molar-refractivity contribution in [2.45, 2.75) is 51.5 Å². The Hall–Kier alpha value is -2.56. The average Bonchev–Trinajstić information content (AvgIpc) is 3.49. The lowest BCUT2D eigenvalue weighted by Crippen LogP contribution is -2.55. The second-order valence-electron chi connectivity index (χ2n) is 10.9. The number of benzene rings is 1. The minimum absolute atomic E-state index is 0. The Morgan fingerprint density at radius 3 is 2.52 bits per heavy atom. The number of carbonyl (C=O) groups excluding carboxylic acids is 2. The summed E-state index contributed by atoms with van der Waals surface area (Å²) in [5, 5.41) is 4.80. The van der Waals surface area contributed by atoms with Crippen LogP contribution in [0, 0.1) is 0 Å². The molecule has 212 valence electrons. The summed E-state index contributed by atoms with van der Waals surface area (Å²) in [6.07, 6.45) is 4.66. The fraction of sp³-hybridized carbons (Fsp3) is 0.414. The molecule has 2 fully saturated rings. The Bertz CT molecular complexity index is 1560. The number of nitrogens with zero attached hydrogens (tertiary/aromatic N) is 4. The Balaban J connectivity index is 0.00000323. The van der Waals surface area contributed by atoms with Gasteiger partial charge in [0.2, 0.25) is 11.8 Å². The van der Waals surface area contributed by atoms with Crippen molar-refractivity contribution in [2.24, 2.45) is 0 Å². The number of imide groups is 1. The molecular weight excluding hydrogens is 572 g/mol. The van der Waals surface area contributed by atoms with Crippen LogP contribution in [0.15, 0.2) is 42.7 Å². The van der Waals surface area contributed by atoms with Crippen molar-refractivity contribution in [3.8, 4) is 11.1 Å². The van der Waals surface area contributed by atoms with Crippen molar-refractivity contribution in [3.63, 3.8) is 0 Å². The van der Waals surface area contributed by atoms with Crippen LogP contribution in [-0.4, -0.2) is 69.1 Å². The van der Waals surface area contributed by atoms with Gasteiger partial charge in [-0.3, -0.25) is 24.4 Å². The van der Waals surface area contributed by atoms with E-state index in [-0.39, 0.29) is 56.4 Å². The molecule has 40 heavy (non-hydrogen) atoms. The van der Waals surface area contributed by atoms with Gasteiger partial charge in [0, 0.05) is 44.8 Å². The van der Waals surface area contributed by atoms with Gasteiger partial charge in [0.05, 0.1) is 41.9 Å². The van der Waals surface area contributed by atoms with Gasteiger partial charge in [0.15, 0.2) is 0 Å². The molecule has 0 unspecified atom stereocenters. The van der Waals surface area contributed by atoms with Gasteiger partial charge in [-0.1, -0.05) is 11.6 Å². The first-order valence-corrected chi connectivity index (χ1v) is 14.5. The van der Waals surface area contributed by atoms with E-state index in [0.29, 0.717) is 31.0 Å². The third-order valence-corrected chi connectivity index (χ3v) is 9.22. The number of amides is 2. The maximum Gasteiger partial charge on any atom is 0.243 e. The van der Waals surface area contributed by atoms with Gasteiger partial charge in [-0.15, -0.1) is 23.7 Å². The van der Waals surface area contributed by atoms with Gasteiger partial charge in [0.1, 0.15) is 5.67 Å². The highest BCUT2D eigenvalue weighted by molar-refractivity contribution is 7.19. The SMILES string of the molecule is CC(C)N1CC(=O)N(Cc2cc3nccc(-c4cc(Cl)cc5ccn(CC6(F)CCNCC6)c45)c3s2)C(=O)C1.Cl. The molecule has 2 aliphatic rings. The fourth-order valence-corrected chi connectivity index (χ4v) is 7.03. The largest absolute Gasteiger partial charge is 0.344 e. The molecule has 0 aliphatic carbocycles. The van der Waals surface area contributed by atoms with E-state index in [0.717, 1.165) is 37.1 Å². The van der Waals surface area contributed by atoms with Crippen LogP contribution < -0.4 is 5.32 Å². The summed E-state index contributed by atoms with van der Waals surface area (Å²) in [4.78, 5) is 34.3. The first-order chi connectivity index (χ1) is 18.7. The number of aromatic nitrogens is 2. The number of alkyl halides is 1. The van der Waals surface area contributed by atoms with Crippen LogP contribution in [0.1, 0.15) is 31.6 Å². The van der Waals surface area contributed by atoms with Crippen LogP contribution in [0.5, 0.6) is 0 Å². The van der Waals surface area contributed by atoms with Gasteiger partial charge in [-0.25, -0.2) is 4.39 Å². The van der Waals surface area contributed by atoms with Crippen molar-refractivity contribution in [1.29, 1.82) is 0 Å². The van der Waals surface area contributed by atoms with Gasteiger partial charge >= 0.3 is 0 Å². The van der Waals surface area contributed by atoms with Gasteiger partial charge < -0.3 is 9.88 Å². The molecule has 3 aromatic heterocycles. The molecule has 5 heterocycles. The number of piperazine rings is 1. The minimum Gasteiger partial charge on any atom is -0.344 e. The molecular formula is C29H32Cl2FN5O2S. The highest BCUT2D eigenvalue weighted by atomic mass is 35.5. The summed E-state index contributed by atoms with van der Waals surface area (Å²) in [6.45, 7) is 6.30. The molecule has 2 amide bonds. The molecule has 1 N–H and O–H groups in total. The zero-order chi connectivity index (χ0) is 27.3. The van der Waals surface area contributed by atoms with Crippen molar-refractivity contribution in [2.75, 3.05) is 26.2 Å². The molecule has 4 aromatic rings. The Labute approximate surface area is 247 Å². The molecule has 0 bridgehead atoms. The molecule has 0 atom stereocenters. The van der Waals surface area contributed by atoms with Crippen molar-refractivity contribution >= 4 is 68.3 Å². The average molecular weight is 605 g/mol. The first-order valence-electron chi connectivity index (χ1n) is 13.3. The van der Waals surface area contributed by atoms with E-state index >= 15 is 4.39 Å². The van der Waals surface area contributed by atoms with Crippen LogP contribution in [0.3, 0.4) is 0 Å². The zero-order valence-electron chi connectivity index (χ0n) is 22.5. The number of nitrogens with one attached hydrogen (secondary N) is 1. The Morgan fingerprint density at radius 1 is 1.10 bits per heavy atom. The first kappa shape index (κ1) is 29.0. The van der Waals surface area contributed by atoms with Crippen LogP contribution in [0.25, 0.3) is 32.2 Å². The number of hydrogen-bond acceptors (Lipinski definition) is 6. The number of rotatable bonds is 6. The van der Waals surface area contributed by atoms with Gasteiger partial charge in [-0.2, -0.15) is 0 Å². The Morgan fingerprint density at radius 2 is 1.82 bits per heavy atom. The van der Waals surface area contributed by atoms with E-state index in [4.69, 9.17) is 11.6 Å². The summed E-state index contributed by atoms with van der Waals surface area (Å²) < 4.78 is 18.7. The number of fused-ring (bicyclic) bond motifs is 2. The third-order valence-electron chi connectivity index (χ3n) is 7.85. The maximum absolute atomic E-state index is 15.7. The van der Waals surface area contributed by atoms with Gasteiger partial charge in [0.25, 0.3) is 0 Å². The second kappa shape index (κ2) is 11.4. The van der Waals surface area contributed by atoms with E-state index in [1.807, 2.05) is 59.8 Å². The molecule has 11 heteroatoms. The zero-order valence-corrected chi connectivity index (χ0v) is 24.8. The maximum atomic E-state index is 15.7. The predicted molar refractivity (Wildman–Crippen MR) is 161 cm³/mol. The number of thiophene rings is 1. The normalized spacial score (nSPS) is 18.2. The summed E-state index contributed by atoms with van der Waals surface area (Å²) >= 11 is 8.09. The fourth-order valence-electron chi connectivity index (χ4n) is 5.68. The smallest absolute Gasteiger partial charge is 0.243 e. The monoisotopic (exact) mass is 603 g/mol. The lowest BCUT2D eigenvalue weighted by Gasteiger charge is -2.34. The lowest BCUT2D eigenvalue weighted by molar-refractivity contribution is -0.152. The molecule has 2 saturated heterocycles. The number of hydrogen-bond donors (Lipinski definition) is 1. The standard InChI is InChI=1S/C29H31ClFN5O2S.ClH/c1-18(2)35-15-25(37)36(26(38)16-35)14-21-13-24-28(39-21)22(3-7-33-24)23-12-20(30)11-19-4-10-34(27(19)23)17-29(31)5-8-32-9-6-29;/h3-4,7,10-13,18,32H,5-6,8-9,14-17H2,1-2H3;1H. The van der Waals surface area contributed by atoms with Crippen LogP contribution in [0.2, 0.25) is 5.02 Å². The summed E-state index contributed by atoms with van der Waals surface area (Å²) in [6, 6.07) is 9.87. The summed E-state index contributed by atoms with van der Waals surface area (Å²) in [5.74, 6) is -0.365. The van der Waals surface area contributed by atoms with E-state index in [2.05, 4.69) is 10.3 Å². The number of halogens is 3. The minimum atomic E-state index is -1.27. The molecule has 0 saturated carbocycles. The number of piperidine rings is 1. The molecule has 6 rings (SSSR count). The second-order valence-corrected chi connectivity index (χ2v) is 12.5. The summed E-state index contributed by atoms with van der Waals surface area (Å²) in [7, 11) is 0. The number of pyridine rings is 1. The van der Waals surface area contributed by atoms with Crippen LogP contribution in [0.4, 0.5) is 4.39 Å². The topological polar surface area (TPSA) is 70.5 Å². The molecule has 1 aromatic carbocycles. The van der Waals surface area contributed by atoms with Crippen molar-refractivity contribution < 1.29 is 14.0 Å². The third kappa shape index (κ3) is 5.50. The molecule has 7 nitrogen and oxygen atoms in total. The van der Waals surface area contributed by atoms with Crippen LogP contribution >= 0.6 is 35.3 Å². The van der Waals surface area contributed by atoms with E-state index in [1.54, 1.807) is 6.20 Å². The predicted octanol–water partition coefficient (Wildman–Crippen LogP) is 5.66. The van der Waals surface area contributed by atoms with E-state index in [9.17, 15) is 9.59 Å². The van der Waals surface area contributed by atoms with Crippen molar-refractivity contribution in [1.82, 2.24) is 24.7 Å². The van der Waals surface area contributed by atoms with Crippen molar-refractivity contribution in [3.05, 3.63) is 52.6 Å². The molecule has 0 spiro atoms. The van der Waals surface area contributed by atoms with E-state index in [1.165, 1.54) is 16.2 Å². The highest BCUT2D eigenvalue weighted by Gasteiger charge is 2.34. The molecule has 0 radical (unpaired) electrons. The van der Waals surface area contributed by atoms with Crippen LogP contribution in [-0.2, 0) is 22.7 Å².